The number of rotatable bonds is 3. The second-order valence-corrected chi connectivity index (χ2v) is 6.87. The lowest BCUT2D eigenvalue weighted by Gasteiger charge is -2.16. The van der Waals surface area contributed by atoms with Gasteiger partial charge in [0.2, 0.25) is 5.91 Å². The predicted molar refractivity (Wildman–Crippen MR) is 94.0 cm³/mol. The number of hydrogen-bond acceptors (Lipinski definition) is 5. The van der Waals surface area contributed by atoms with E-state index < -0.39 is 0 Å². The Kier molecular flexibility index (Phi) is 3.86. The minimum atomic E-state index is -0.232. The van der Waals surface area contributed by atoms with E-state index in [1.54, 1.807) is 6.92 Å². The summed E-state index contributed by atoms with van der Waals surface area (Å²) in [5.74, 6) is 0.720. The van der Waals surface area contributed by atoms with Gasteiger partial charge in [0.25, 0.3) is 11.3 Å². The number of amides is 1. The standard InChI is InChI=1S/C17H21N7O2/c1-10-7-16(26)24-17(18-10)19-14(21-24)8-15(25)22-5-4-13(9-22)23-12(3)6-11(2)20-23/h6-7,13H,4-5,8-9H2,1-3H3,(H,18,19,21)/t13-/m0/s1. The smallest absolute Gasteiger partial charge is 0.274 e. The zero-order valence-electron chi connectivity index (χ0n) is 15.1. The third-order valence-electron chi connectivity index (χ3n) is 4.73. The number of hydrogen-bond donors (Lipinski definition) is 1. The third-order valence-corrected chi connectivity index (χ3v) is 4.73. The van der Waals surface area contributed by atoms with Crippen molar-refractivity contribution in [3.8, 4) is 0 Å². The Morgan fingerprint density at radius 1 is 1.23 bits per heavy atom. The topological polar surface area (TPSA) is 101 Å². The summed E-state index contributed by atoms with van der Waals surface area (Å²) in [6, 6.07) is 3.68. The molecule has 0 radical (unpaired) electrons. The highest BCUT2D eigenvalue weighted by Gasteiger charge is 2.29. The van der Waals surface area contributed by atoms with Gasteiger partial charge in [-0.15, -0.1) is 0 Å². The number of aryl methyl sites for hydroxylation is 3. The number of carbonyl (C=O) groups is 1. The van der Waals surface area contributed by atoms with Crippen molar-refractivity contribution in [1.82, 2.24) is 34.3 Å². The van der Waals surface area contributed by atoms with Crippen LogP contribution in [0.5, 0.6) is 0 Å². The summed E-state index contributed by atoms with van der Waals surface area (Å²) in [6.45, 7) is 7.08. The van der Waals surface area contributed by atoms with Crippen LogP contribution in [0.25, 0.3) is 5.78 Å². The second kappa shape index (κ2) is 6.08. The molecule has 1 aliphatic rings. The van der Waals surface area contributed by atoms with E-state index in [9.17, 15) is 9.59 Å². The molecular formula is C17H21N7O2. The predicted octanol–water partition coefficient (Wildman–Crippen LogP) is 0.555. The van der Waals surface area contributed by atoms with Crippen molar-refractivity contribution in [2.45, 2.75) is 39.7 Å². The molecule has 1 fully saturated rings. The molecule has 4 heterocycles. The normalized spacial score (nSPS) is 17.3. The van der Waals surface area contributed by atoms with Crippen LogP contribution in [0.2, 0.25) is 0 Å². The third kappa shape index (κ3) is 2.89. The molecule has 1 atom stereocenters. The SMILES string of the molecule is Cc1cc(=O)n2[nH]c(CC(=O)N3CC[C@H](n4nc(C)cc4C)C3)nc2n1. The van der Waals surface area contributed by atoms with Crippen molar-refractivity contribution in [2.24, 2.45) is 0 Å². The van der Waals surface area contributed by atoms with Crippen LogP contribution < -0.4 is 5.56 Å². The molecule has 1 saturated heterocycles. The van der Waals surface area contributed by atoms with E-state index in [4.69, 9.17) is 0 Å². The van der Waals surface area contributed by atoms with Crippen LogP contribution in [0.15, 0.2) is 16.9 Å². The van der Waals surface area contributed by atoms with E-state index in [2.05, 4.69) is 20.2 Å². The fourth-order valence-electron chi connectivity index (χ4n) is 3.55. The Hall–Kier alpha value is -2.97. The maximum atomic E-state index is 12.6. The first-order chi connectivity index (χ1) is 12.4. The highest BCUT2D eigenvalue weighted by atomic mass is 16.2. The second-order valence-electron chi connectivity index (χ2n) is 6.87. The number of likely N-dealkylation sites (tertiary alicyclic amines) is 1. The van der Waals surface area contributed by atoms with Crippen LogP contribution in [0, 0.1) is 20.8 Å². The van der Waals surface area contributed by atoms with Gasteiger partial charge >= 0.3 is 0 Å². The van der Waals surface area contributed by atoms with E-state index in [1.165, 1.54) is 10.6 Å². The van der Waals surface area contributed by atoms with Gasteiger partial charge < -0.3 is 4.90 Å². The van der Waals surface area contributed by atoms with Gasteiger partial charge in [0.05, 0.1) is 18.2 Å². The summed E-state index contributed by atoms with van der Waals surface area (Å²) in [5.41, 5.74) is 2.47. The maximum absolute atomic E-state index is 12.6. The molecule has 0 bridgehead atoms. The Balaban J connectivity index is 1.48. The molecule has 136 valence electrons. The maximum Gasteiger partial charge on any atom is 0.274 e. The van der Waals surface area contributed by atoms with Gasteiger partial charge in [-0.1, -0.05) is 0 Å². The lowest BCUT2D eigenvalue weighted by atomic mass is 10.2. The van der Waals surface area contributed by atoms with Crippen molar-refractivity contribution in [3.05, 3.63) is 45.4 Å². The first-order valence-corrected chi connectivity index (χ1v) is 8.66. The lowest BCUT2D eigenvalue weighted by Crippen LogP contribution is -2.31. The lowest BCUT2D eigenvalue weighted by molar-refractivity contribution is -0.129. The number of aromatic amines is 1. The molecule has 9 nitrogen and oxygen atoms in total. The first-order valence-electron chi connectivity index (χ1n) is 8.66. The van der Waals surface area contributed by atoms with Crippen LogP contribution in [-0.4, -0.2) is 53.3 Å². The molecule has 0 saturated carbocycles. The van der Waals surface area contributed by atoms with Gasteiger partial charge in [0.1, 0.15) is 5.82 Å². The van der Waals surface area contributed by atoms with Crippen molar-refractivity contribution in [3.63, 3.8) is 0 Å². The van der Waals surface area contributed by atoms with E-state index >= 15 is 0 Å². The van der Waals surface area contributed by atoms with Gasteiger partial charge in [-0.05, 0) is 33.3 Å². The van der Waals surface area contributed by atoms with Crippen LogP contribution in [0.1, 0.15) is 35.4 Å². The number of nitrogens with zero attached hydrogens (tertiary/aromatic N) is 6. The van der Waals surface area contributed by atoms with E-state index in [-0.39, 0.29) is 23.9 Å². The molecule has 1 amide bonds. The van der Waals surface area contributed by atoms with Gasteiger partial charge in [0, 0.05) is 30.5 Å². The van der Waals surface area contributed by atoms with Crippen molar-refractivity contribution in [2.75, 3.05) is 13.1 Å². The molecule has 9 heteroatoms. The summed E-state index contributed by atoms with van der Waals surface area (Å²) >= 11 is 0. The minimum Gasteiger partial charge on any atom is -0.340 e. The zero-order chi connectivity index (χ0) is 18.4. The zero-order valence-corrected chi connectivity index (χ0v) is 15.1. The van der Waals surface area contributed by atoms with E-state index in [0.29, 0.717) is 30.4 Å². The van der Waals surface area contributed by atoms with Crippen LogP contribution >= 0.6 is 0 Å². The molecular weight excluding hydrogens is 334 g/mol. The Morgan fingerprint density at radius 2 is 2.04 bits per heavy atom. The summed E-state index contributed by atoms with van der Waals surface area (Å²) in [4.78, 5) is 34.9. The quantitative estimate of drug-likeness (QED) is 0.740. The molecule has 0 aromatic carbocycles. The molecule has 0 aliphatic carbocycles. The molecule has 3 aromatic rings. The van der Waals surface area contributed by atoms with Gasteiger partial charge in [-0.3, -0.25) is 19.4 Å². The summed E-state index contributed by atoms with van der Waals surface area (Å²) in [5, 5.41) is 7.40. The molecule has 3 aromatic heterocycles. The van der Waals surface area contributed by atoms with Crippen LogP contribution in [0.4, 0.5) is 0 Å². The van der Waals surface area contributed by atoms with Crippen LogP contribution in [-0.2, 0) is 11.2 Å². The van der Waals surface area contributed by atoms with Crippen LogP contribution in [0.3, 0.4) is 0 Å². The minimum absolute atomic E-state index is 0.0159. The van der Waals surface area contributed by atoms with Crippen molar-refractivity contribution < 1.29 is 4.79 Å². The van der Waals surface area contributed by atoms with Crippen molar-refractivity contribution in [1.29, 1.82) is 0 Å². The fourth-order valence-corrected chi connectivity index (χ4v) is 3.55. The molecule has 26 heavy (non-hydrogen) atoms. The molecule has 0 spiro atoms. The number of aromatic nitrogens is 6. The number of fused-ring (bicyclic) bond motifs is 1. The van der Waals surface area contributed by atoms with Crippen molar-refractivity contribution >= 4 is 11.7 Å². The van der Waals surface area contributed by atoms with E-state index in [1.807, 2.05) is 29.5 Å². The average molecular weight is 355 g/mol. The van der Waals surface area contributed by atoms with Gasteiger partial charge in [0.15, 0.2) is 0 Å². The average Bonchev–Trinajstić information content (AvgIpc) is 3.25. The van der Waals surface area contributed by atoms with Gasteiger partial charge in [-0.25, -0.2) is 4.98 Å². The first kappa shape index (κ1) is 16.5. The summed E-state index contributed by atoms with van der Waals surface area (Å²) < 4.78 is 3.27. The Morgan fingerprint density at radius 3 is 2.77 bits per heavy atom. The summed E-state index contributed by atoms with van der Waals surface area (Å²) in [7, 11) is 0. The molecule has 4 rings (SSSR count). The van der Waals surface area contributed by atoms with Gasteiger partial charge in [-0.2, -0.15) is 14.6 Å². The Bertz CT molecular complexity index is 1050. The Labute approximate surface area is 149 Å². The largest absolute Gasteiger partial charge is 0.340 e. The fraction of sp³-hybridized carbons (Fsp3) is 0.471. The highest BCUT2D eigenvalue weighted by Crippen LogP contribution is 2.23. The summed E-state index contributed by atoms with van der Waals surface area (Å²) in [6.07, 6.45) is 1.000. The number of H-pyrrole nitrogens is 1. The highest BCUT2D eigenvalue weighted by molar-refractivity contribution is 5.78. The number of nitrogens with one attached hydrogen (secondary N) is 1. The van der Waals surface area contributed by atoms with E-state index in [0.717, 1.165) is 17.8 Å². The monoisotopic (exact) mass is 355 g/mol. The molecule has 0 unspecified atom stereocenters. The molecule has 1 N–H and O–H groups in total. The number of carbonyl (C=O) groups excluding carboxylic acids is 1. The molecule has 1 aliphatic heterocycles.